The number of nitrogens with zero attached hydrogens (tertiary/aromatic N) is 3. The Balaban J connectivity index is 1.36. The number of benzene rings is 1. The van der Waals surface area contributed by atoms with E-state index in [-0.39, 0.29) is 0 Å². The van der Waals surface area contributed by atoms with Crippen LogP contribution in [-0.4, -0.2) is 15.4 Å². The van der Waals surface area contributed by atoms with Gasteiger partial charge in [-0.2, -0.15) is 0 Å². The van der Waals surface area contributed by atoms with E-state index in [0.717, 1.165) is 21.9 Å². The Morgan fingerprint density at radius 1 is 1.04 bits per heavy atom. The van der Waals surface area contributed by atoms with Gasteiger partial charge in [0, 0.05) is 11.8 Å². The predicted molar refractivity (Wildman–Crippen MR) is 92.9 cm³/mol. The van der Waals surface area contributed by atoms with Gasteiger partial charge in [0.15, 0.2) is 5.76 Å². The van der Waals surface area contributed by atoms with E-state index in [0.29, 0.717) is 23.3 Å². The van der Waals surface area contributed by atoms with E-state index in [1.54, 1.807) is 11.3 Å². The van der Waals surface area contributed by atoms with Gasteiger partial charge in [0.25, 0.3) is 5.22 Å². The van der Waals surface area contributed by atoms with Gasteiger partial charge < -0.3 is 8.94 Å². The second-order valence-corrected chi connectivity index (χ2v) is 6.95. The second-order valence-electron chi connectivity index (χ2n) is 5.07. The van der Waals surface area contributed by atoms with E-state index in [2.05, 4.69) is 15.4 Å². The lowest BCUT2D eigenvalue weighted by Crippen LogP contribution is -1.87. The third-order valence-electron chi connectivity index (χ3n) is 3.31. The molecule has 0 saturated carbocycles. The minimum atomic E-state index is 0.543. The van der Waals surface area contributed by atoms with E-state index in [1.165, 1.54) is 11.8 Å². The number of thioether (sulfide) groups is 1. The summed E-state index contributed by atoms with van der Waals surface area (Å²) in [7, 11) is 0. The van der Waals surface area contributed by atoms with Crippen molar-refractivity contribution >= 4 is 23.1 Å². The minimum Gasteiger partial charge on any atom is -0.416 e. The molecule has 5 nitrogen and oxygen atoms in total. The van der Waals surface area contributed by atoms with Crippen molar-refractivity contribution in [2.75, 3.05) is 0 Å². The number of hydrogen-bond acceptors (Lipinski definition) is 7. The molecule has 7 heteroatoms. The van der Waals surface area contributed by atoms with Crippen LogP contribution in [0.2, 0.25) is 0 Å². The number of aromatic nitrogens is 3. The van der Waals surface area contributed by atoms with Crippen molar-refractivity contribution in [3.05, 3.63) is 71.1 Å². The Bertz CT molecular complexity index is 901. The first-order valence-electron chi connectivity index (χ1n) is 7.35. The summed E-state index contributed by atoms with van der Waals surface area (Å²) in [4.78, 5) is 1.07. The third kappa shape index (κ3) is 3.58. The Labute approximate surface area is 146 Å². The number of thiophene rings is 1. The minimum absolute atomic E-state index is 0.543. The molecule has 0 unspecified atom stereocenters. The maximum Gasteiger partial charge on any atom is 0.276 e. The summed E-state index contributed by atoms with van der Waals surface area (Å²) >= 11 is 3.08. The highest BCUT2D eigenvalue weighted by Crippen LogP contribution is 2.28. The van der Waals surface area contributed by atoms with Crippen LogP contribution in [0.25, 0.3) is 10.6 Å². The zero-order chi connectivity index (χ0) is 16.2. The smallest absolute Gasteiger partial charge is 0.276 e. The van der Waals surface area contributed by atoms with Gasteiger partial charge in [-0.3, -0.25) is 0 Å². The van der Waals surface area contributed by atoms with Gasteiger partial charge in [0.05, 0.1) is 17.0 Å². The fraction of sp³-hybridized carbons (Fsp3) is 0.118. The quantitative estimate of drug-likeness (QED) is 0.468. The summed E-state index contributed by atoms with van der Waals surface area (Å²) < 4.78 is 11.0. The zero-order valence-electron chi connectivity index (χ0n) is 12.6. The monoisotopic (exact) mass is 355 g/mol. The van der Waals surface area contributed by atoms with Crippen LogP contribution in [0.4, 0.5) is 0 Å². The summed E-state index contributed by atoms with van der Waals surface area (Å²) in [6, 6.07) is 16.0. The molecule has 3 heterocycles. The molecule has 4 aromatic rings. The maximum absolute atomic E-state index is 5.67. The molecular formula is C17H13N3O2S2. The molecule has 120 valence electrons. The topological polar surface area (TPSA) is 65.0 Å². The van der Waals surface area contributed by atoms with Crippen molar-refractivity contribution in [2.24, 2.45) is 0 Å². The fourth-order valence-corrected chi connectivity index (χ4v) is 3.52. The molecule has 1 aromatic carbocycles. The highest BCUT2D eigenvalue weighted by atomic mass is 32.2. The van der Waals surface area contributed by atoms with Crippen molar-refractivity contribution in [1.82, 2.24) is 15.4 Å². The van der Waals surface area contributed by atoms with Gasteiger partial charge in [-0.25, -0.2) is 0 Å². The number of hydrogen-bond donors (Lipinski definition) is 0. The zero-order valence-corrected chi connectivity index (χ0v) is 14.2. The van der Waals surface area contributed by atoms with Gasteiger partial charge in [-0.1, -0.05) is 53.3 Å². The predicted octanol–water partition coefficient (Wildman–Crippen LogP) is 4.67. The molecule has 0 saturated heterocycles. The van der Waals surface area contributed by atoms with Gasteiger partial charge >= 0.3 is 0 Å². The summed E-state index contributed by atoms with van der Waals surface area (Å²) in [6.45, 7) is 0. The van der Waals surface area contributed by atoms with Crippen molar-refractivity contribution in [1.29, 1.82) is 0 Å². The van der Waals surface area contributed by atoms with Crippen LogP contribution < -0.4 is 0 Å². The highest BCUT2D eigenvalue weighted by Gasteiger charge is 2.11. The Hall–Kier alpha value is -2.38. The molecule has 24 heavy (non-hydrogen) atoms. The van der Waals surface area contributed by atoms with Gasteiger partial charge in [0.2, 0.25) is 5.89 Å². The summed E-state index contributed by atoms with van der Waals surface area (Å²) in [6.07, 6.45) is 0.640. The first-order chi connectivity index (χ1) is 11.9. The third-order valence-corrected chi connectivity index (χ3v) is 5.05. The Morgan fingerprint density at radius 3 is 2.79 bits per heavy atom. The molecule has 0 bridgehead atoms. The van der Waals surface area contributed by atoms with Crippen LogP contribution in [0.15, 0.2) is 68.1 Å². The summed E-state index contributed by atoms with van der Waals surface area (Å²) in [5.41, 5.74) is 2.00. The molecule has 0 fully saturated rings. The van der Waals surface area contributed by atoms with E-state index >= 15 is 0 Å². The molecule has 0 amide bonds. The first kappa shape index (κ1) is 15.2. The molecule has 4 rings (SSSR count). The molecule has 3 aromatic heterocycles. The van der Waals surface area contributed by atoms with Crippen LogP contribution in [0.3, 0.4) is 0 Å². The lowest BCUT2D eigenvalue weighted by atomic mass is 10.2. The molecule has 0 N–H and O–H groups in total. The Morgan fingerprint density at radius 2 is 1.96 bits per heavy atom. The van der Waals surface area contributed by atoms with Crippen molar-refractivity contribution in [3.63, 3.8) is 0 Å². The maximum atomic E-state index is 5.67. The largest absolute Gasteiger partial charge is 0.416 e. The average Bonchev–Trinajstić information content (AvgIpc) is 3.35. The molecular weight excluding hydrogens is 342 g/mol. The fourth-order valence-electron chi connectivity index (χ4n) is 2.19. The van der Waals surface area contributed by atoms with Gasteiger partial charge in [-0.15, -0.1) is 21.5 Å². The molecule has 0 aliphatic heterocycles. The SMILES string of the molecule is c1ccc(Cc2nnc(SCc3cc(-c4cccs4)on3)o2)cc1. The van der Waals surface area contributed by atoms with E-state index < -0.39 is 0 Å². The molecule has 0 spiro atoms. The average molecular weight is 355 g/mol. The first-order valence-corrected chi connectivity index (χ1v) is 9.22. The molecule has 0 aliphatic rings. The van der Waals surface area contributed by atoms with Crippen molar-refractivity contribution in [3.8, 4) is 10.6 Å². The molecule has 0 atom stereocenters. The van der Waals surface area contributed by atoms with Gasteiger partial charge in [0.1, 0.15) is 0 Å². The number of rotatable bonds is 6. The lowest BCUT2D eigenvalue weighted by molar-refractivity contribution is 0.419. The Kier molecular flexibility index (Phi) is 4.44. The summed E-state index contributed by atoms with van der Waals surface area (Å²) in [5.74, 6) is 2.03. The van der Waals surface area contributed by atoms with E-state index in [9.17, 15) is 0 Å². The molecule has 0 radical (unpaired) electrons. The van der Waals surface area contributed by atoms with E-state index in [1.807, 2.05) is 53.9 Å². The molecule has 0 aliphatic carbocycles. The normalized spacial score (nSPS) is 11.0. The lowest BCUT2D eigenvalue weighted by Gasteiger charge is -1.95. The van der Waals surface area contributed by atoms with Crippen LogP contribution in [0, 0.1) is 0 Å². The van der Waals surface area contributed by atoms with Crippen LogP contribution in [0.5, 0.6) is 0 Å². The van der Waals surface area contributed by atoms with Gasteiger partial charge in [-0.05, 0) is 17.0 Å². The van der Waals surface area contributed by atoms with Crippen molar-refractivity contribution in [2.45, 2.75) is 17.4 Å². The van der Waals surface area contributed by atoms with Crippen LogP contribution in [-0.2, 0) is 12.2 Å². The van der Waals surface area contributed by atoms with Crippen LogP contribution in [0.1, 0.15) is 17.1 Å². The second kappa shape index (κ2) is 7.02. The van der Waals surface area contributed by atoms with Crippen LogP contribution >= 0.6 is 23.1 Å². The summed E-state index contributed by atoms with van der Waals surface area (Å²) in [5, 5.41) is 14.8. The van der Waals surface area contributed by atoms with E-state index in [4.69, 9.17) is 8.94 Å². The highest BCUT2D eigenvalue weighted by molar-refractivity contribution is 7.98. The standard InChI is InChI=1S/C17H13N3O2S2/c1-2-5-12(6-3-1)9-16-18-19-17(21-16)24-11-13-10-14(22-20-13)15-7-4-8-23-15/h1-8,10H,9,11H2. The van der Waals surface area contributed by atoms with Crippen molar-refractivity contribution < 1.29 is 8.94 Å².